The molecule has 1 N–H and O–H groups in total. The number of hydrogen-bond donors (Lipinski definition) is 1. The second-order valence-corrected chi connectivity index (χ2v) is 9.73. The van der Waals surface area contributed by atoms with E-state index in [9.17, 15) is 4.79 Å². The van der Waals surface area contributed by atoms with Crippen LogP contribution in [-0.4, -0.2) is 49.9 Å². The maximum Gasteiger partial charge on any atom is 0.410 e. The summed E-state index contributed by atoms with van der Waals surface area (Å²) in [5.74, 6) is 1.74. The van der Waals surface area contributed by atoms with Crippen LogP contribution in [0.5, 0.6) is 11.5 Å². The zero-order chi connectivity index (χ0) is 24.0. The minimum absolute atomic E-state index is 0.228. The molecule has 0 atom stereocenters. The Bertz CT molecular complexity index is 913. The fraction of sp³-hybridized carbons (Fsp3) is 0.519. The lowest BCUT2D eigenvalue weighted by Crippen LogP contribution is -2.44. The molecule has 33 heavy (non-hydrogen) atoms. The van der Waals surface area contributed by atoms with Gasteiger partial charge in [-0.2, -0.15) is 0 Å². The third kappa shape index (κ3) is 6.87. The molecule has 6 heteroatoms. The van der Waals surface area contributed by atoms with Gasteiger partial charge in [-0.1, -0.05) is 18.2 Å². The highest BCUT2D eigenvalue weighted by molar-refractivity contribution is 5.68. The van der Waals surface area contributed by atoms with Gasteiger partial charge in [-0.05, 0) is 81.8 Å². The average Bonchev–Trinajstić information content (AvgIpc) is 2.81. The molecule has 0 unspecified atom stereocenters. The maximum absolute atomic E-state index is 12.4. The van der Waals surface area contributed by atoms with Crippen LogP contribution in [0, 0.1) is 0 Å². The SMILES string of the molecule is COc1ccc(-c2ccc(OC)c(CNC3CCC(N(C)C(=O)OC(C)(C)C)CC3)c2)cc1. The van der Waals surface area contributed by atoms with Crippen LogP contribution in [0.25, 0.3) is 11.1 Å². The molecule has 2 aromatic rings. The highest BCUT2D eigenvalue weighted by Gasteiger charge is 2.29. The van der Waals surface area contributed by atoms with Crippen LogP contribution in [-0.2, 0) is 11.3 Å². The third-order valence-electron chi connectivity index (χ3n) is 6.21. The van der Waals surface area contributed by atoms with Crippen molar-refractivity contribution in [1.29, 1.82) is 0 Å². The fourth-order valence-electron chi connectivity index (χ4n) is 4.28. The molecule has 0 heterocycles. The van der Waals surface area contributed by atoms with E-state index in [4.69, 9.17) is 14.2 Å². The van der Waals surface area contributed by atoms with Crippen LogP contribution >= 0.6 is 0 Å². The standard InChI is InChI=1S/C27H38N2O4/c1-27(2,3)33-26(30)29(4)23-12-10-22(11-13-23)28-18-21-17-20(9-16-25(21)32-6)19-7-14-24(31-5)15-8-19/h7-9,14-17,22-23,28H,10-13,18H2,1-6H3. The van der Waals surface area contributed by atoms with Crippen LogP contribution in [0.1, 0.15) is 52.0 Å². The van der Waals surface area contributed by atoms with E-state index in [1.807, 2.05) is 46.0 Å². The molecule has 0 bridgehead atoms. The number of nitrogens with zero attached hydrogens (tertiary/aromatic N) is 1. The summed E-state index contributed by atoms with van der Waals surface area (Å²) >= 11 is 0. The van der Waals surface area contributed by atoms with Gasteiger partial charge in [0.1, 0.15) is 17.1 Å². The van der Waals surface area contributed by atoms with Crippen LogP contribution in [0.4, 0.5) is 4.79 Å². The first-order valence-electron chi connectivity index (χ1n) is 11.7. The van der Waals surface area contributed by atoms with E-state index in [-0.39, 0.29) is 12.1 Å². The molecule has 1 aliphatic carbocycles. The van der Waals surface area contributed by atoms with Gasteiger partial charge >= 0.3 is 6.09 Å². The van der Waals surface area contributed by atoms with Gasteiger partial charge < -0.3 is 24.4 Å². The van der Waals surface area contributed by atoms with Gasteiger partial charge in [0.2, 0.25) is 0 Å². The monoisotopic (exact) mass is 454 g/mol. The summed E-state index contributed by atoms with van der Waals surface area (Å²) in [6.07, 6.45) is 3.75. The summed E-state index contributed by atoms with van der Waals surface area (Å²) in [6.45, 7) is 6.44. The molecule has 0 aromatic heterocycles. The number of rotatable bonds is 7. The Morgan fingerprint density at radius 1 is 0.970 bits per heavy atom. The van der Waals surface area contributed by atoms with Crippen molar-refractivity contribution in [1.82, 2.24) is 10.2 Å². The number of hydrogen-bond acceptors (Lipinski definition) is 5. The van der Waals surface area contributed by atoms with Crippen LogP contribution in [0.3, 0.4) is 0 Å². The minimum Gasteiger partial charge on any atom is -0.497 e. The Balaban J connectivity index is 1.57. The van der Waals surface area contributed by atoms with Gasteiger partial charge in [0.15, 0.2) is 0 Å². The first-order valence-corrected chi connectivity index (χ1v) is 11.7. The Hall–Kier alpha value is -2.73. The van der Waals surface area contributed by atoms with Gasteiger partial charge in [-0.3, -0.25) is 0 Å². The number of benzene rings is 2. The van der Waals surface area contributed by atoms with Crippen molar-refractivity contribution in [2.24, 2.45) is 0 Å². The first kappa shape index (κ1) is 24.9. The highest BCUT2D eigenvalue weighted by atomic mass is 16.6. The van der Waals surface area contributed by atoms with Crippen molar-refractivity contribution in [2.45, 2.75) is 70.7 Å². The summed E-state index contributed by atoms with van der Waals surface area (Å²) in [5, 5.41) is 3.70. The zero-order valence-electron chi connectivity index (χ0n) is 20.8. The molecule has 0 spiro atoms. The molecule has 1 amide bonds. The molecule has 1 aliphatic rings. The summed E-state index contributed by atoms with van der Waals surface area (Å²) < 4.78 is 16.4. The highest BCUT2D eigenvalue weighted by Crippen LogP contribution is 2.29. The molecule has 180 valence electrons. The van der Waals surface area contributed by atoms with Gasteiger partial charge in [-0.25, -0.2) is 4.79 Å². The first-order chi connectivity index (χ1) is 15.7. The number of nitrogens with one attached hydrogen (secondary N) is 1. The van der Waals surface area contributed by atoms with Gasteiger partial charge in [0.25, 0.3) is 0 Å². The van der Waals surface area contributed by atoms with E-state index >= 15 is 0 Å². The summed E-state index contributed by atoms with van der Waals surface area (Å²) in [4.78, 5) is 14.1. The predicted molar refractivity (Wildman–Crippen MR) is 132 cm³/mol. The molecule has 3 rings (SSSR count). The number of methoxy groups -OCH3 is 2. The van der Waals surface area contributed by atoms with E-state index in [1.54, 1.807) is 19.1 Å². The normalized spacial score (nSPS) is 18.5. The molecular weight excluding hydrogens is 416 g/mol. The Morgan fingerprint density at radius 3 is 2.18 bits per heavy atom. The van der Waals surface area contributed by atoms with Crippen molar-refractivity contribution in [3.63, 3.8) is 0 Å². The predicted octanol–water partition coefficient (Wildman–Crippen LogP) is 5.64. The average molecular weight is 455 g/mol. The lowest BCUT2D eigenvalue weighted by molar-refractivity contribution is 0.0179. The van der Waals surface area contributed by atoms with Gasteiger partial charge in [0, 0.05) is 31.2 Å². The molecule has 0 saturated heterocycles. The van der Waals surface area contributed by atoms with Crippen molar-refractivity contribution in [2.75, 3.05) is 21.3 Å². The van der Waals surface area contributed by atoms with Crippen molar-refractivity contribution < 1.29 is 19.0 Å². The van der Waals surface area contributed by atoms with Crippen molar-refractivity contribution in [3.05, 3.63) is 48.0 Å². The minimum atomic E-state index is -0.469. The molecule has 1 fully saturated rings. The maximum atomic E-state index is 12.4. The van der Waals surface area contributed by atoms with Crippen molar-refractivity contribution in [3.8, 4) is 22.6 Å². The molecule has 0 radical (unpaired) electrons. The van der Waals surface area contributed by atoms with Gasteiger partial charge in [0.05, 0.1) is 14.2 Å². The third-order valence-corrected chi connectivity index (χ3v) is 6.21. The topological polar surface area (TPSA) is 60.0 Å². The van der Waals surface area contributed by atoms with E-state index in [0.29, 0.717) is 6.04 Å². The Kier molecular flexibility index (Phi) is 8.25. The van der Waals surface area contributed by atoms with Gasteiger partial charge in [-0.15, -0.1) is 0 Å². The van der Waals surface area contributed by atoms with E-state index in [0.717, 1.165) is 60.4 Å². The lowest BCUT2D eigenvalue weighted by Gasteiger charge is -2.36. The van der Waals surface area contributed by atoms with E-state index in [2.05, 4.69) is 29.6 Å². The molecular formula is C27H38N2O4. The lowest BCUT2D eigenvalue weighted by atomic mass is 9.90. The second kappa shape index (κ2) is 10.9. The summed E-state index contributed by atoms with van der Waals surface area (Å²) in [6, 6.07) is 15.0. The van der Waals surface area contributed by atoms with E-state index < -0.39 is 5.60 Å². The second-order valence-electron chi connectivity index (χ2n) is 9.73. The quantitative estimate of drug-likeness (QED) is 0.587. The van der Waals surface area contributed by atoms with Crippen LogP contribution < -0.4 is 14.8 Å². The molecule has 0 aliphatic heterocycles. The molecule has 6 nitrogen and oxygen atoms in total. The Labute approximate surface area is 198 Å². The van der Waals surface area contributed by atoms with Crippen molar-refractivity contribution >= 4 is 6.09 Å². The summed E-state index contributed by atoms with van der Waals surface area (Å²) in [5.41, 5.74) is 2.96. The number of ether oxygens (including phenoxy) is 3. The summed E-state index contributed by atoms with van der Waals surface area (Å²) in [7, 11) is 5.24. The number of amides is 1. The van der Waals surface area contributed by atoms with E-state index in [1.165, 1.54) is 0 Å². The number of carbonyl (C=O) groups is 1. The fourth-order valence-corrected chi connectivity index (χ4v) is 4.28. The zero-order valence-corrected chi connectivity index (χ0v) is 20.8. The smallest absolute Gasteiger partial charge is 0.410 e. The molecule has 1 saturated carbocycles. The largest absolute Gasteiger partial charge is 0.497 e. The molecule has 2 aromatic carbocycles. The van der Waals surface area contributed by atoms with Crippen LogP contribution in [0.15, 0.2) is 42.5 Å². The Morgan fingerprint density at radius 2 is 1.61 bits per heavy atom. The van der Waals surface area contributed by atoms with Crippen LogP contribution in [0.2, 0.25) is 0 Å². The number of carbonyl (C=O) groups excluding carboxylic acids is 1.